The summed E-state index contributed by atoms with van der Waals surface area (Å²) in [5.41, 5.74) is 2.04. The van der Waals surface area contributed by atoms with Crippen molar-refractivity contribution >= 4 is 38.4 Å². The molecule has 8 heteroatoms. The lowest BCUT2D eigenvalue weighted by Gasteiger charge is -2.28. The summed E-state index contributed by atoms with van der Waals surface area (Å²) in [6, 6.07) is 7.72. The van der Waals surface area contributed by atoms with E-state index in [0.717, 1.165) is 11.3 Å². The smallest absolute Gasteiger partial charge is 0.274 e. The van der Waals surface area contributed by atoms with Crippen molar-refractivity contribution < 1.29 is 17.9 Å². The van der Waals surface area contributed by atoms with Crippen LogP contribution in [0.2, 0.25) is 0 Å². The lowest BCUT2D eigenvalue weighted by molar-refractivity contribution is -0.121. The van der Waals surface area contributed by atoms with E-state index >= 15 is 0 Å². The molecule has 2 aliphatic heterocycles. The minimum atomic E-state index is -3.07. The van der Waals surface area contributed by atoms with Gasteiger partial charge in [-0.25, -0.2) is 8.42 Å². The van der Waals surface area contributed by atoms with Gasteiger partial charge in [-0.2, -0.15) is 4.99 Å². The fourth-order valence-electron chi connectivity index (χ4n) is 3.30. The molecular weight excluding hydrogens is 360 g/mol. The van der Waals surface area contributed by atoms with Crippen LogP contribution in [0.25, 0.3) is 0 Å². The van der Waals surface area contributed by atoms with Crippen molar-refractivity contribution in [3.63, 3.8) is 0 Å². The Morgan fingerprint density at radius 2 is 2.08 bits per heavy atom. The number of para-hydroxylation sites is 1. The number of anilines is 1. The second-order valence-corrected chi connectivity index (χ2v) is 9.97. The number of nitrogens with zero attached hydrogens (tertiary/aromatic N) is 2. The van der Waals surface area contributed by atoms with Crippen molar-refractivity contribution in [2.75, 3.05) is 30.1 Å². The molecule has 136 valence electrons. The molecule has 1 aromatic rings. The lowest BCUT2D eigenvalue weighted by atomic mass is 9.99. The standard InChI is InChI=1S/C17H22N2O4S2/c1-11(2)12-6-4-5-7-13(12)19-14-9-25(21,22)10-15(14)24-17(19)18-16(20)8-23-3/h4-7,11,14-15H,8-10H2,1-3H3/t14-,15+/m0/s1. The molecular formula is C17H22N2O4S2. The van der Waals surface area contributed by atoms with Crippen LogP contribution in [-0.2, 0) is 19.4 Å². The molecule has 2 saturated heterocycles. The first kappa shape index (κ1) is 18.4. The SMILES string of the molecule is COCC(=O)N=C1S[C@@H]2CS(=O)(=O)C[C@@H]2N1c1ccccc1C(C)C. The number of thioether (sulfide) groups is 1. The van der Waals surface area contributed by atoms with E-state index in [0.29, 0.717) is 5.17 Å². The number of benzene rings is 1. The van der Waals surface area contributed by atoms with Gasteiger partial charge in [-0.3, -0.25) is 4.79 Å². The highest BCUT2D eigenvalue weighted by Gasteiger charge is 2.49. The Hall–Kier alpha value is -1.38. The molecule has 2 atom stereocenters. The van der Waals surface area contributed by atoms with Gasteiger partial charge in [-0.1, -0.05) is 43.8 Å². The molecule has 0 aliphatic carbocycles. The highest BCUT2D eigenvalue weighted by molar-refractivity contribution is 8.16. The van der Waals surface area contributed by atoms with Gasteiger partial charge in [0.2, 0.25) is 0 Å². The fourth-order valence-corrected chi connectivity index (χ4v) is 7.23. The summed E-state index contributed by atoms with van der Waals surface area (Å²) in [4.78, 5) is 18.1. The van der Waals surface area contributed by atoms with Gasteiger partial charge >= 0.3 is 0 Å². The number of aliphatic imine (C=N–C) groups is 1. The van der Waals surface area contributed by atoms with Crippen molar-refractivity contribution in [3.05, 3.63) is 29.8 Å². The Kier molecular flexibility index (Phi) is 5.22. The Labute approximate surface area is 152 Å². The van der Waals surface area contributed by atoms with Crippen molar-refractivity contribution in [2.45, 2.75) is 31.1 Å². The molecule has 1 amide bonds. The molecule has 6 nitrogen and oxygen atoms in total. The van der Waals surface area contributed by atoms with Crippen LogP contribution in [-0.4, -0.2) is 56.0 Å². The molecule has 2 heterocycles. The summed E-state index contributed by atoms with van der Waals surface area (Å²) in [5.74, 6) is 0.128. The number of sulfone groups is 1. The number of carbonyl (C=O) groups is 1. The van der Waals surface area contributed by atoms with E-state index < -0.39 is 9.84 Å². The number of amides is 1. The van der Waals surface area contributed by atoms with Crippen molar-refractivity contribution in [2.24, 2.45) is 4.99 Å². The average molecular weight is 383 g/mol. The van der Waals surface area contributed by atoms with Gasteiger partial charge in [0, 0.05) is 18.0 Å². The Morgan fingerprint density at radius 1 is 1.36 bits per heavy atom. The summed E-state index contributed by atoms with van der Waals surface area (Å²) in [5, 5.41) is 0.472. The van der Waals surface area contributed by atoms with E-state index in [4.69, 9.17) is 4.74 Å². The Morgan fingerprint density at radius 3 is 2.76 bits per heavy atom. The summed E-state index contributed by atoms with van der Waals surface area (Å²) in [6.45, 7) is 4.10. The maximum Gasteiger partial charge on any atom is 0.274 e. The Bertz CT molecular complexity index is 805. The highest BCUT2D eigenvalue weighted by atomic mass is 32.2. The monoisotopic (exact) mass is 382 g/mol. The molecule has 0 bridgehead atoms. The number of rotatable bonds is 4. The summed E-state index contributed by atoms with van der Waals surface area (Å²) >= 11 is 1.38. The first-order valence-electron chi connectivity index (χ1n) is 8.18. The van der Waals surface area contributed by atoms with E-state index in [9.17, 15) is 13.2 Å². The summed E-state index contributed by atoms with van der Waals surface area (Å²) in [7, 11) is -1.62. The number of amidine groups is 1. The van der Waals surface area contributed by atoms with E-state index in [1.165, 1.54) is 18.9 Å². The zero-order valence-electron chi connectivity index (χ0n) is 14.5. The van der Waals surface area contributed by atoms with E-state index in [1.54, 1.807) is 0 Å². The summed E-state index contributed by atoms with van der Waals surface area (Å²) in [6.07, 6.45) is 0. The zero-order chi connectivity index (χ0) is 18.2. The van der Waals surface area contributed by atoms with Crippen LogP contribution in [0.5, 0.6) is 0 Å². The van der Waals surface area contributed by atoms with Crippen LogP contribution in [0.3, 0.4) is 0 Å². The second kappa shape index (κ2) is 7.09. The van der Waals surface area contributed by atoms with Crippen molar-refractivity contribution in [1.29, 1.82) is 0 Å². The van der Waals surface area contributed by atoms with Gasteiger partial charge in [0.1, 0.15) is 6.61 Å². The number of fused-ring (bicyclic) bond motifs is 1. The van der Waals surface area contributed by atoms with Crippen LogP contribution in [0.1, 0.15) is 25.3 Å². The summed E-state index contributed by atoms with van der Waals surface area (Å²) < 4.78 is 29.1. The van der Waals surface area contributed by atoms with Crippen LogP contribution >= 0.6 is 11.8 Å². The maximum absolute atomic E-state index is 12.1. The third-order valence-corrected chi connectivity index (χ3v) is 7.58. The molecule has 0 saturated carbocycles. The third-order valence-electron chi connectivity index (χ3n) is 4.37. The molecule has 1 aromatic carbocycles. The molecule has 25 heavy (non-hydrogen) atoms. The lowest BCUT2D eigenvalue weighted by Crippen LogP contribution is -2.38. The van der Waals surface area contributed by atoms with Gasteiger partial charge < -0.3 is 9.64 Å². The molecule has 0 N–H and O–H groups in total. The first-order chi connectivity index (χ1) is 11.8. The van der Waals surface area contributed by atoms with Gasteiger partial charge in [-0.05, 0) is 17.5 Å². The van der Waals surface area contributed by atoms with Crippen molar-refractivity contribution in [1.82, 2.24) is 0 Å². The quantitative estimate of drug-likeness (QED) is 0.793. The number of hydrogen-bond donors (Lipinski definition) is 0. The zero-order valence-corrected chi connectivity index (χ0v) is 16.1. The van der Waals surface area contributed by atoms with Gasteiger partial charge in [0.05, 0.1) is 17.5 Å². The largest absolute Gasteiger partial charge is 0.375 e. The van der Waals surface area contributed by atoms with Crippen LogP contribution < -0.4 is 4.90 Å². The third kappa shape index (κ3) is 3.75. The first-order valence-corrected chi connectivity index (χ1v) is 10.9. The van der Waals surface area contributed by atoms with Gasteiger partial charge in [0.15, 0.2) is 15.0 Å². The number of hydrogen-bond acceptors (Lipinski definition) is 5. The molecule has 0 radical (unpaired) electrons. The minimum Gasteiger partial charge on any atom is -0.375 e. The van der Waals surface area contributed by atoms with Crippen LogP contribution in [0, 0.1) is 0 Å². The molecule has 0 unspecified atom stereocenters. The predicted octanol–water partition coefficient (Wildman–Crippen LogP) is 2.06. The fraction of sp³-hybridized carbons (Fsp3) is 0.529. The van der Waals surface area contributed by atoms with Crippen molar-refractivity contribution in [3.8, 4) is 0 Å². The molecule has 2 aliphatic rings. The van der Waals surface area contributed by atoms with E-state index in [-0.39, 0.29) is 41.2 Å². The van der Waals surface area contributed by atoms with Gasteiger partial charge in [-0.15, -0.1) is 0 Å². The minimum absolute atomic E-state index is 0.0860. The normalized spacial score (nSPS) is 26.4. The second-order valence-electron chi connectivity index (χ2n) is 6.61. The molecule has 0 aromatic heterocycles. The maximum atomic E-state index is 12.1. The highest BCUT2D eigenvalue weighted by Crippen LogP contribution is 2.43. The molecule has 2 fully saturated rings. The predicted molar refractivity (Wildman–Crippen MR) is 101 cm³/mol. The van der Waals surface area contributed by atoms with Crippen LogP contribution in [0.4, 0.5) is 5.69 Å². The average Bonchev–Trinajstić information content (AvgIpc) is 2.98. The van der Waals surface area contributed by atoms with Crippen LogP contribution in [0.15, 0.2) is 29.3 Å². The van der Waals surface area contributed by atoms with Gasteiger partial charge in [0.25, 0.3) is 5.91 Å². The number of methoxy groups -OCH3 is 1. The number of ether oxygens (including phenoxy) is 1. The molecule has 0 spiro atoms. The number of carbonyl (C=O) groups excluding carboxylic acids is 1. The molecule has 3 rings (SSSR count). The van der Waals surface area contributed by atoms with E-state index in [2.05, 4.69) is 18.8 Å². The topological polar surface area (TPSA) is 76.0 Å². The van der Waals surface area contributed by atoms with E-state index in [1.807, 2.05) is 29.2 Å². The Balaban J connectivity index is 2.06.